The zero-order valence-corrected chi connectivity index (χ0v) is 18.8. The van der Waals surface area contributed by atoms with Crippen molar-refractivity contribution in [2.75, 3.05) is 23.1 Å². The van der Waals surface area contributed by atoms with E-state index in [1.54, 1.807) is 0 Å². The molecule has 4 aromatic rings. The molecule has 0 fully saturated rings. The Kier molecular flexibility index (Phi) is 6.66. The molecular formula is C27H28N4O. The molecule has 0 aliphatic heterocycles. The van der Waals surface area contributed by atoms with Crippen molar-refractivity contribution >= 4 is 34.3 Å². The van der Waals surface area contributed by atoms with Crippen LogP contribution in [0.3, 0.4) is 0 Å². The summed E-state index contributed by atoms with van der Waals surface area (Å²) in [6.45, 7) is 7.72. The van der Waals surface area contributed by atoms with E-state index in [9.17, 15) is 0 Å². The van der Waals surface area contributed by atoms with E-state index >= 15 is 0 Å². The van der Waals surface area contributed by atoms with Crippen LogP contribution >= 0.6 is 0 Å². The van der Waals surface area contributed by atoms with E-state index < -0.39 is 0 Å². The van der Waals surface area contributed by atoms with E-state index in [1.165, 1.54) is 0 Å². The van der Waals surface area contributed by atoms with Gasteiger partial charge in [0.25, 0.3) is 0 Å². The van der Waals surface area contributed by atoms with Crippen LogP contribution in [0.25, 0.3) is 11.0 Å². The molecule has 5 nitrogen and oxygen atoms in total. The quantitative estimate of drug-likeness (QED) is 0.238. The molecule has 0 unspecified atom stereocenters. The van der Waals surface area contributed by atoms with Gasteiger partial charge in [0.2, 0.25) is 0 Å². The van der Waals surface area contributed by atoms with Gasteiger partial charge in [-0.25, -0.2) is 0 Å². The van der Waals surface area contributed by atoms with Crippen molar-refractivity contribution in [2.45, 2.75) is 20.8 Å². The molecule has 4 rings (SSSR count). The van der Waals surface area contributed by atoms with Crippen molar-refractivity contribution in [3.05, 3.63) is 96.3 Å². The molecule has 1 heterocycles. The van der Waals surface area contributed by atoms with E-state index in [2.05, 4.69) is 49.3 Å². The lowest BCUT2D eigenvalue weighted by Crippen LogP contribution is -2.17. The SMILES string of the molecule is CCN(N=Cc1ccc2oc(C(C)=NN(CC)c3ccccc3)cc2c1)c1ccccc1. The highest BCUT2D eigenvalue weighted by molar-refractivity contribution is 6.01. The molecule has 0 bridgehead atoms. The van der Waals surface area contributed by atoms with Crippen molar-refractivity contribution in [1.29, 1.82) is 0 Å². The van der Waals surface area contributed by atoms with Crippen LogP contribution in [-0.4, -0.2) is 25.0 Å². The van der Waals surface area contributed by atoms with Crippen LogP contribution in [0.2, 0.25) is 0 Å². The second-order valence-corrected chi connectivity index (χ2v) is 7.44. The molecule has 0 aliphatic carbocycles. The maximum atomic E-state index is 6.07. The summed E-state index contributed by atoms with van der Waals surface area (Å²) in [7, 11) is 0. The Morgan fingerprint density at radius 1 is 0.812 bits per heavy atom. The Morgan fingerprint density at radius 3 is 2.06 bits per heavy atom. The molecule has 0 N–H and O–H groups in total. The van der Waals surface area contributed by atoms with Crippen LogP contribution < -0.4 is 10.0 Å². The van der Waals surface area contributed by atoms with Gasteiger partial charge < -0.3 is 4.42 Å². The number of hydrogen-bond donors (Lipinski definition) is 0. The minimum Gasteiger partial charge on any atom is -0.455 e. The van der Waals surface area contributed by atoms with Gasteiger partial charge in [-0.3, -0.25) is 10.0 Å². The topological polar surface area (TPSA) is 44.3 Å². The molecule has 1 aromatic heterocycles. The van der Waals surface area contributed by atoms with E-state index in [0.29, 0.717) is 0 Å². The van der Waals surface area contributed by atoms with Crippen LogP contribution in [0.1, 0.15) is 32.1 Å². The number of benzene rings is 3. The van der Waals surface area contributed by atoms with Gasteiger partial charge in [0.05, 0.1) is 17.6 Å². The molecule has 0 aliphatic rings. The normalized spacial score (nSPS) is 11.9. The lowest BCUT2D eigenvalue weighted by molar-refractivity contribution is 0.603. The lowest BCUT2D eigenvalue weighted by Gasteiger charge is -2.17. The molecule has 0 atom stereocenters. The predicted octanol–water partition coefficient (Wildman–Crippen LogP) is 6.54. The average Bonchev–Trinajstić information content (AvgIpc) is 3.28. The summed E-state index contributed by atoms with van der Waals surface area (Å²) < 4.78 is 6.07. The van der Waals surface area contributed by atoms with Crippen molar-refractivity contribution in [1.82, 2.24) is 0 Å². The number of hydrogen-bond acceptors (Lipinski definition) is 5. The second-order valence-electron chi connectivity index (χ2n) is 7.44. The Morgan fingerprint density at radius 2 is 1.44 bits per heavy atom. The van der Waals surface area contributed by atoms with Gasteiger partial charge in [-0.2, -0.15) is 10.2 Å². The zero-order chi connectivity index (χ0) is 22.3. The Balaban J connectivity index is 1.56. The first-order valence-corrected chi connectivity index (χ1v) is 11.0. The van der Waals surface area contributed by atoms with Crippen LogP contribution in [-0.2, 0) is 0 Å². The minimum absolute atomic E-state index is 0.767. The Hall–Kier alpha value is -3.86. The number of nitrogens with zero attached hydrogens (tertiary/aromatic N) is 4. The summed E-state index contributed by atoms with van der Waals surface area (Å²) in [6.07, 6.45) is 1.89. The smallest absolute Gasteiger partial charge is 0.151 e. The third kappa shape index (κ3) is 4.89. The largest absolute Gasteiger partial charge is 0.455 e. The average molecular weight is 425 g/mol. The first-order chi connectivity index (χ1) is 15.7. The Labute approximate surface area is 189 Å². The molecule has 0 saturated heterocycles. The van der Waals surface area contributed by atoms with E-state index in [0.717, 1.165) is 52.5 Å². The van der Waals surface area contributed by atoms with Crippen LogP contribution in [0.15, 0.2) is 99.5 Å². The summed E-state index contributed by atoms with van der Waals surface area (Å²) in [6, 6.07) is 28.5. The maximum absolute atomic E-state index is 6.07. The minimum atomic E-state index is 0.767. The summed E-state index contributed by atoms with van der Waals surface area (Å²) in [5.74, 6) is 0.767. The summed E-state index contributed by atoms with van der Waals surface area (Å²) in [5, 5.41) is 14.4. The first-order valence-electron chi connectivity index (χ1n) is 11.0. The van der Waals surface area contributed by atoms with Crippen molar-refractivity contribution in [3.8, 4) is 0 Å². The summed E-state index contributed by atoms with van der Waals surface area (Å²) >= 11 is 0. The maximum Gasteiger partial charge on any atom is 0.151 e. The molecule has 5 heteroatoms. The number of para-hydroxylation sites is 2. The molecule has 0 amide bonds. The zero-order valence-electron chi connectivity index (χ0n) is 18.8. The highest BCUT2D eigenvalue weighted by Gasteiger charge is 2.10. The summed E-state index contributed by atoms with van der Waals surface area (Å²) in [4.78, 5) is 0. The lowest BCUT2D eigenvalue weighted by atomic mass is 10.1. The van der Waals surface area contributed by atoms with Gasteiger partial charge in [-0.05, 0) is 74.9 Å². The third-order valence-corrected chi connectivity index (χ3v) is 5.22. The first kappa shape index (κ1) is 21.4. The van der Waals surface area contributed by atoms with Gasteiger partial charge in [-0.1, -0.05) is 36.4 Å². The molecule has 0 saturated carbocycles. The van der Waals surface area contributed by atoms with Crippen LogP contribution in [0.5, 0.6) is 0 Å². The van der Waals surface area contributed by atoms with E-state index in [1.807, 2.05) is 77.8 Å². The van der Waals surface area contributed by atoms with E-state index in [4.69, 9.17) is 9.52 Å². The monoisotopic (exact) mass is 424 g/mol. The van der Waals surface area contributed by atoms with Crippen molar-refractivity contribution in [3.63, 3.8) is 0 Å². The molecule has 32 heavy (non-hydrogen) atoms. The number of fused-ring (bicyclic) bond motifs is 1. The van der Waals surface area contributed by atoms with Gasteiger partial charge in [0.15, 0.2) is 5.76 Å². The molecule has 0 radical (unpaired) electrons. The van der Waals surface area contributed by atoms with Gasteiger partial charge in [-0.15, -0.1) is 0 Å². The fourth-order valence-corrected chi connectivity index (χ4v) is 3.53. The van der Waals surface area contributed by atoms with Crippen LogP contribution in [0, 0.1) is 0 Å². The molecule has 162 valence electrons. The second kappa shape index (κ2) is 9.96. The summed E-state index contributed by atoms with van der Waals surface area (Å²) in [5.41, 5.74) is 4.83. The number of furan rings is 1. The van der Waals surface area contributed by atoms with Gasteiger partial charge >= 0.3 is 0 Å². The van der Waals surface area contributed by atoms with Gasteiger partial charge in [0, 0.05) is 18.5 Å². The standard InChI is InChI=1S/C27H28N4O/c1-4-30(24-12-8-6-9-13-24)28-20-22-16-17-26-23(18-22)19-27(32-26)21(3)29-31(5-2)25-14-10-7-11-15-25/h6-20H,4-5H2,1-3H3. The highest BCUT2D eigenvalue weighted by atomic mass is 16.3. The van der Waals surface area contributed by atoms with Gasteiger partial charge in [0.1, 0.15) is 11.3 Å². The van der Waals surface area contributed by atoms with E-state index in [-0.39, 0.29) is 0 Å². The Bertz CT molecular complexity index is 1210. The fraction of sp³-hybridized carbons (Fsp3) is 0.185. The van der Waals surface area contributed by atoms with Crippen molar-refractivity contribution in [2.24, 2.45) is 10.2 Å². The molecule has 0 spiro atoms. The molecular weight excluding hydrogens is 396 g/mol. The highest BCUT2D eigenvalue weighted by Crippen LogP contribution is 2.22. The predicted molar refractivity (Wildman–Crippen MR) is 135 cm³/mol. The number of anilines is 2. The van der Waals surface area contributed by atoms with Crippen molar-refractivity contribution < 1.29 is 4.42 Å². The number of rotatable bonds is 8. The number of hydrazone groups is 2. The third-order valence-electron chi connectivity index (χ3n) is 5.22. The fourth-order valence-electron chi connectivity index (χ4n) is 3.53. The molecule has 3 aromatic carbocycles. The van der Waals surface area contributed by atoms with Crippen LogP contribution in [0.4, 0.5) is 11.4 Å².